The predicted molar refractivity (Wildman–Crippen MR) is 69.6 cm³/mol. The number of phenolic OH excluding ortho intramolecular Hbond substituents is 1. The van der Waals surface area contributed by atoms with Crippen molar-refractivity contribution in [3.05, 3.63) is 24.0 Å². The zero-order valence-electron chi connectivity index (χ0n) is 8.64. The molecule has 0 unspecified atom stereocenters. The van der Waals surface area contributed by atoms with Gasteiger partial charge in [0.1, 0.15) is 11.6 Å². The van der Waals surface area contributed by atoms with Crippen molar-refractivity contribution >= 4 is 35.8 Å². The van der Waals surface area contributed by atoms with E-state index in [0.29, 0.717) is 6.54 Å². The van der Waals surface area contributed by atoms with Crippen molar-refractivity contribution in [1.82, 2.24) is 9.97 Å². The Balaban J connectivity index is 0.00000112. The molecule has 0 radical (unpaired) electrons. The van der Waals surface area contributed by atoms with Crippen molar-refractivity contribution in [2.24, 2.45) is 5.73 Å². The number of hydrogen-bond acceptors (Lipinski definition) is 3. The molecule has 0 aliphatic heterocycles. The summed E-state index contributed by atoms with van der Waals surface area (Å²) in [6, 6.07) is 5.11. The van der Waals surface area contributed by atoms with Gasteiger partial charge in [-0.1, -0.05) is 0 Å². The molecular weight excluding hydrogens is 249 g/mol. The molecule has 90 valence electrons. The Kier molecular flexibility index (Phi) is 6.18. The predicted octanol–water partition coefficient (Wildman–Crippen LogP) is 2.00. The number of halogens is 2. The number of H-pyrrole nitrogens is 1. The van der Waals surface area contributed by atoms with E-state index < -0.39 is 0 Å². The maximum absolute atomic E-state index is 9.25. The molecule has 1 aromatic carbocycles. The topological polar surface area (TPSA) is 74.9 Å². The number of nitrogens with two attached hydrogens (primary N) is 1. The van der Waals surface area contributed by atoms with Gasteiger partial charge in [0.2, 0.25) is 0 Å². The third-order valence-corrected chi connectivity index (χ3v) is 2.13. The molecular formula is C10H15Cl2N3O. The van der Waals surface area contributed by atoms with E-state index in [1.165, 1.54) is 0 Å². The largest absolute Gasteiger partial charge is 0.508 e. The highest BCUT2D eigenvalue weighted by molar-refractivity contribution is 5.85. The number of phenols is 1. The lowest BCUT2D eigenvalue weighted by molar-refractivity contribution is 0.476. The zero-order chi connectivity index (χ0) is 9.97. The average molecular weight is 264 g/mol. The first kappa shape index (κ1) is 15.0. The third kappa shape index (κ3) is 3.27. The Hall–Kier alpha value is -0.970. The number of aromatic hydroxyl groups is 1. The molecule has 1 aromatic heterocycles. The Bertz CT molecular complexity index is 445. The molecule has 6 heteroatoms. The Morgan fingerprint density at radius 2 is 2.06 bits per heavy atom. The molecule has 0 amide bonds. The lowest BCUT2D eigenvalue weighted by Crippen LogP contribution is -2.01. The summed E-state index contributed by atoms with van der Waals surface area (Å²) in [4.78, 5) is 7.51. The lowest BCUT2D eigenvalue weighted by atomic mass is 10.3. The van der Waals surface area contributed by atoms with Crippen molar-refractivity contribution < 1.29 is 5.11 Å². The number of benzene rings is 1. The molecule has 1 heterocycles. The molecule has 0 saturated heterocycles. The molecule has 0 aliphatic rings. The van der Waals surface area contributed by atoms with Gasteiger partial charge in [0.15, 0.2) is 0 Å². The summed E-state index contributed by atoms with van der Waals surface area (Å²) < 4.78 is 0. The van der Waals surface area contributed by atoms with E-state index in [-0.39, 0.29) is 30.6 Å². The number of aryl methyl sites for hydroxylation is 1. The van der Waals surface area contributed by atoms with Crippen LogP contribution in [0.4, 0.5) is 0 Å². The lowest BCUT2D eigenvalue weighted by Gasteiger charge is -1.91. The Labute approximate surface area is 106 Å². The van der Waals surface area contributed by atoms with Crippen LogP contribution in [-0.4, -0.2) is 21.6 Å². The number of imidazole rings is 1. The van der Waals surface area contributed by atoms with Crippen LogP contribution in [0.5, 0.6) is 5.75 Å². The van der Waals surface area contributed by atoms with Gasteiger partial charge in [0, 0.05) is 12.5 Å². The third-order valence-electron chi connectivity index (χ3n) is 2.13. The van der Waals surface area contributed by atoms with Crippen LogP contribution in [0.3, 0.4) is 0 Å². The van der Waals surface area contributed by atoms with Crippen LogP contribution in [-0.2, 0) is 6.42 Å². The van der Waals surface area contributed by atoms with E-state index in [1.807, 2.05) is 0 Å². The van der Waals surface area contributed by atoms with Crippen molar-refractivity contribution in [3.63, 3.8) is 0 Å². The van der Waals surface area contributed by atoms with Gasteiger partial charge < -0.3 is 15.8 Å². The first-order chi connectivity index (χ1) is 6.79. The summed E-state index contributed by atoms with van der Waals surface area (Å²) in [5, 5.41) is 9.25. The monoisotopic (exact) mass is 263 g/mol. The summed E-state index contributed by atoms with van der Waals surface area (Å²) in [6.07, 6.45) is 1.78. The number of aromatic amines is 1. The van der Waals surface area contributed by atoms with Crippen molar-refractivity contribution in [3.8, 4) is 5.75 Å². The summed E-state index contributed by atoms with van der Waals surface area (Å²) in [5.74, 6) is 1.18. The second-order valence-electron chi connectivity index (χ2n) is 3.28. The van der Waals surface area contributed by atoms with E-state index in [4.69, 9.17) is 5.73 Å². The van der Waals surface area contributed by atoms with Gasteiger partial charge in [-0.2, -0.15) is 0 Å². The van der Waals surface area contributed by atoms with Crippen molar-refractivity contribution in [2.75, 3.05) is 6.54 Å². The minimum Gasteiger partial charge on any atom is -0.508 e. The maximum atomic E-state index is 9.25. The molecule has 0 bridgehead atoms. The van der Waals surface area contributed by atoms with E-state index in [9.17, 15) is 5.11 Å². The van der Waals surface area contributed by atoms with Gasteiger partial charge in [-0.15, -0.1) is 24.8 Å². The summed E-state index contributed by atoms with van der Waals surface area (Å²) >= 11 is 0. The second kappa shape index (κ2) is 6.58. The first-order valence-electron chi connectivity index (χ1n) is 4.67. The highest BCUT2D eigenvalue weighted by Crippen LogP contribution is 2.17. The van der Waals surface area contributed by atoms with Crippen molar-refractivity contribution in [2.45, 2.75) is 12.8 Å². The highest BCUT2D eigenvalue weighted by Gasteiger charge is 2.02. The fourth-order valence-corrected chi connectivity index (χ4v) is 1.44. The van der Waals surface area contributed by atoms with Crippen LogP contribution in [0, 0.1) is 0 Å². The number of nitrogens with zero attached hydrogens (tertiary/aromatic N) is 1. The van der Waals surface area contributed by atoms with E-state index >= 15 is 0 Å². The number of aromatic nitrogens is 2. The highest BCUT2D eigenvalue weighted by atomic mass is 35.5. The van der Waals surface area contributed by atoms with E-state index in [2.05, 4.69) is 9.97 Å². The normalized spacial score (nSPS) is 9.56. The van der Waals surface area contributed by atoms with E-state index in [0.717, 1.165) is 29.7 Å². The van der Waals surface area contributed by atoms with Gasteiger partial charge in [-0.3, -0.25) is 0 Å². The van der Waals surface area contributed by atoms with Gasteiger partial charge in [-0.25, -0.2) is 4.98 Å². The van der Waals surface area contributed by atoms with Crippen molar-refractivity contribution in [1.29, 1.82) is 0 Å². The fraction of sp³-hybridized carbons (Fsp3) is 0.300. The summed E-state index contributed by atoms with van der Waals surface area (Å²) in [6.45, 7) is 0.669. The Morgan fingerprint density at radius 3 is 2.75 bits per heavy atom. The molecule has 0 aliphatic carbocycles. The molecule has 0 fully saturated rings. The smallest absolute Gasteiger partial charge is 0.117 e. The minimum absolute atomic E-state index is 0. The quantitative estimate of drug-likeness (QED) is 0.793. The minimum atomic E-state index is 0. The van der Waals surface area contributed by atoms with Crippen LogP contribution in [0.1, 0.15) is 12.2 Å². The second-order valence-corrected chi connectivity index (χ2v) is 3.28. The van der Waals surface area contributed by atoms with Crippen LogP contribution in [0.25, 0.3) is 11.0 Å². The molecule has 4 N–H and O–H groups in total. The summed E-state index contributed by atoms with van der Waals surface area (Å²) in [7, 11) is 0. The molecule has 0 saturated carbocycles. The van der Waals surface area contributed by atoms with Crippen LogP contribution < -0.4 is 5.73 Å². The van der Waals surface area contributed by atoms with Crippen LogP contribution >= 0.6 is 24.8 Å². The Morgan fingerprint density at radius 1 is 1.31 bits per heavy atom. The number of nitrogens with one attached hydrogen (secondary N) is 1. The van der Waals surface area contributed by atoms with Gasteiger partial charge >= 0.3 is 0 Å². The number of rotatable bonds is 3. The van der Waals surface area contributed by atoms with Gasteiger partial charge in [-0.05, 0) is 25.1 Å². The molecule has 0 atom stereocenters. The van der Waals surface area contributed by atoms with Crippen LogP contribution in [0.2, 0.25) is 0 Å². The molecule has 16 heavy (non-hydrogen) atoms. The van der Waals surface area contributed by atoms with E-state index in [1.54, 1.807) is 18.2 Å². The molecule has 2 rings (SSSR count). The number of fused-ring (bicyclic) bond motifs is 1. The average Bonchev–Trinajstić information content (AvgIpc) is 2.56. The molecule has 0 spiro atoms. The SMILES string of the molecule is Cl.Cl.NCCCc1nc2ccc(O)cc2[nH]1. The maximum Gasteiger partial charge on any atom is 0.117 e. The van der Waals surface area contributed by atoms with Crippen LogP contribution in [0.15, 0.2) is 18.2 Å². The standard InChI is InChI=1S/C10H13N3O.2ClH/c11-5-1-2-10-12-8-4-3-7(14)6-9(8)13-10;;/h3-4,6,14H,1-2,5,11H2,(H,12,13);2*1H. The fourth-order valence-electron chi connectivity index (χ4n) is 1.44. The zero-order valence-corrected chi connectivity index (χ0v) is 10.3. The number of hydrogen-bond donors (Lipinski definition) is 3. The summed E-state index contributed by atoms with van der Waals surface area (Å²) in [5.41, 5.74) is 7.17. The molecule has 4 nitrogen and oxygen atoms in total. The first-order valence-corrected chi connectivity index (χ1v) is 4.67. The molecule has 2 aromatic rings. The van der Waals surface area contributed by atoms with Gasteiger partial charge in [0.25, 0.3) is 0 Å². The van der Waals surface area contributed by atoms with Gasteiger partial charge in [0.05, 0.1) is 11.0 Å².